The van der Waals surface area contributed by atoms with Gasteiger partial charge in [0.2, 0.25) is 5.91 Å². The fourth-order valence-electron chi connectivity index (χ4n) is 2.83. The lowest BCUT2D eigenvalue weighted by Gasteiger charge is -2.18. The minimum absolute atomic E-state index is 0.111. The number of ether oxygens (including phenoxy) is 1. The van der Waals surface area contributed by atoms with Crippen molar-refractivity contribution in [2.24, 2.45) is 0 Å². The van der Waals surface area contributed by atoms with Crippen molar-refractivity contribution in [1.82, 2.24) is 0 Å². The fourth-order valence-corrected chi connectivity index (χ4v) is 4.13. The standard InChI is InChI=1S/C21H17FN2O3S/c1-2-27-21(26)17(13-23)20-24(16-10-8-15(22)9-11-16)19(25)18(28-20)12-14-6-4-3-5-7-14/h3-11,18H,2,12H2,1H3/b20-17-. The smallest absolute Gasteiger partial charge is 0.351 e. The van der Waals surface area contributed by atoms with Crippen LogP contribution in [0.1, 0.15) is 12.5 Å². The molecule has 0 aliphatic carbocycles. The predicted molar refractivity (Wildman–Crippen MR) is 105 cm³/mol. The second-order valence-electron chi connectivity index (χ2n) is 5.96. The number of nitrogens with zero attached hydrogens (tertiary/aromatic N) is 2. The van der Waals surface area contributed by atoms with Crippen molar-refractivity contribution < 1.29 is 18.7 Å². The molecule has 0 spiro atoms. The SMILES string of the molecule is CCOC(=O)/C(C#N)=C1\SC(Cc2ccccc2)C(=O)N1c1ccc(F)cc1. The molecule has 0 N–H and O–H groups in total. The van der Waals surface area contributed by atoms with E-state index in [2.05, 4.69) is 0 Å². The molecule has 28 heavy (non-hydrogen) atoms. The van der Waals surface area contributed by atoms with Gasteiger partial charge in [-0.25, -0.2) is 9.18 Å². The number of nitriles is 1. The highest BCUT2D eigenvalue weighted by Gasteiger charge is 2.41. The maximum absolute atomic E-state index is 13.3. The van der Waals surface area contributed by atoms with Gasteiger partial charge in [0, 0.05) is 5.69 Å². The van der Waals surface area contributed by atoms with Crippen molar-refractivity contribution in [2.45, 2.75) is 18.6 Å². The zero-order valence-corrected chi connectivity index (χ0v) is 15.9. The molecule has 1 aliphatic heterocycles. The lowest BCUT2D eigenvalue weighted by atomic mass is 10.1. The van der Waals surface area contributed by atoms with E-state index in [0.29, 0.717) is 12.1 Å². The van der Waals surface area contributed by atoms with E-state index >= 15 is 0 Å². The highest BCUT2D eigenvalue weighted by molar-refractivity contribution is 8.05. The van der Waals surface area contributed by atoms with Gasteiger partial charge in [0.25, 0.3) is 0 Å². The van der Waals surface area contributed by atoms with Gasteiger partial charge in [0.05, 0.1) is 11.9 Å². The molecule has 142 valence electrons. The molecule has 1 aliphatic rings. The number of carbonyl (C=O) groups is 2. The summed E-state index contributed by atoms with van der Waals surface area (Å²) in [5.74, 6) is -1.50. The first-order chi connectivity index (χ1) is 13.5. The summed E-state index contributed by atoms with van der Waals surface area (Å²) in [5.41, 5.74) is 1.12. The Labute approximate surface area is 166 Å². The summed E-state index contributed by atoms with van der Waals surface area (Å²) >= 11 is 1.15. The number of hydrogen-bond donors (Lipinski definition) is 0. The Morgan fingerprint density at radius 1 is 1.21 bits per heavy atom. The summed E-state index contributed by atoms with van der Waals surface area (Å²) in [6.45, 7) is 1.75. The average Bonchev–Trinajstić information content (AvgIpc) is 3.00. The van der Waals surface area contributed by atoms with E-state index in [1.54, 1.807) is 6.92 Å². The van der Waals surface area contributed by atoms with Gasteiger partial charge in [-0.15, -0.1) is 0 Å². The monoisotopic (exact) mass is 396 g/mol. The molecule has 5 nitrogen and oxygen atoms in total. The summed E-state index contributed by atoms with van der Waals surface area (Å²) < 4.78 is 18.3. The van der Waals surface area contributed by atoms with Crippen molar-refractivity contribution in [3.8, 4) is 6.07 Å². The van der Waals surface area contributed by atoms with E-state index in [-0.39, 0.29) is 23.1 Å². The van der Waals surface area contributed by atoms with Gasteiger partial charge in [-0.05, 0) is 43.2 Å². The van der Waals surface area contributed by atoms with Crippen LogP contribution in [0.5, 0.6) is 0 Å². The first-order valence-corrected chi connectivity index (χ1v) is 9.54. The van der Waals surface area contributed by atoms with Crippen LogP contribution in [-0.4, -0.2) is 23.7 Å². The van der Waals surface area contributed by atoms with Crippen LogP contribution in [0.3, 0.4) is 0 Å². The number of amides is 1. The highest BCUT2D eigenvalue weighted by atomic mass is 32.2. The molecular weight excluding hydrogens is 379 g/mol. The Morgan fingerprint density at radius 2 is 1.89 bits per heavy atom. The summed E-state index contributed by atoms with van der Waals surface area (Å²) in [6.07, 6.45) is 0.438. The van der Waals surface area contributed by atoms with E-state index in [0.717, 1.165) is 17.3 Å². The Bertz CT molecular complexity index is 952. The Morgan fingerprint density at radius 3 is 2.50 bits per heavy atom. The topological polar surface area (TPSA) is 70.4 Å². The van der Waals surface area contributed by atoms with Gasteiger partial charge in [-0.2, -0.15) is 5.26 Å². The highest BCUT2D eigenvalue weighted by Crippen LogP contribution is 2.42. The predicted octanol–water partition coefficient (Wildman–Crippen LogP) is 3.82. The van der Waals surface area contributed by atoms with E-state index in [9.17, 15) is 19.2 Å². The third-order valence-corrected chi connectivity index (χ3v) is 5.37. The quantitative estimate of drug-likeness (QED) is 0.437. The largest absolute Gasteiger partial charge is 0.462 e. The van der Waals surface area contributed by atoms with Gasteiger partial charge < -0.3 is 4.74 Å². The van der Waals surface area contributed by atoms with Crippen LogP contribution in [0.2, 0.25) is 0 Å². The van der Waals surface area contributed by atoms with Gasteiger partial charge >= 0.3 is 5.97 Å². The van der Waals surface area contributed by atoms with Crippen LogP contribution in [0.15, 0.2) is 65.2 Å². The van der Waals surface area contributed by atoms with Crippen molar-refractivity contribution in [1.29, 1.82) is 5.26 Å². The summed E-state index contributed by atoms with van der Waals surface area (Å²) in [6, 6.07) is 16.7. The molecule has 1 unspecified atom stereocenters. The van der Waals surface area contributed by atoms with Gasteiger partial charge in [0.15, 0.2) is 5.57 Å². The molecule has 1 atom stereocenters. The third kappa shape index (κ3) is 4.07. The Kier molecular flexibility index (Phi) is 6.12. The number of halogens is 1. The maximum Gasteiger partial charge on any atom is 0.351 e. The first kappa shape index (κ1) is 19.6. The second-order valence-corrected chi connectivity index (χ2v) is 7.15. The van der Waals surface area contributed by atoms with Crippen LogP contribution in [-0.2, 0) is 20.7 Å². The number of anilines is 1. The third-order valence-electron chi connectivity index (χ3n) is 4.11. The zero-order chi connectivity index (χ0) is 20.1. The first-order valence-electron chi connectivity index (χ1n) is 8.66. The Balaban J connectivity index is 2.03. The Hall–Kier alpha value is -3.11. The molecular formula is C21H17FN2O3S. The lowest BCUT2D eigenvalue weighted by molar-refractivity contribution is -0.138. The number of carbonyl (C=O) groups excluding carboxylic acids is 2. The van der Waals surface area contributed by atoms with Crippen LogP contribution in [0.25, 0.3) is 0 Å². The molecule has 0 aromatic heterocycles. The number of benzene rings is 2. The number of hydrogen-bond acceptors (Lipinski definition) is 5. The van der Waals surface area contributed by atoms with Gasteiger partial charge in [-0.1, -0.05) is 42.1 Å². The van der Waals surface area contributed by atoms with Crippen LogP contribution < -0.4 is 4.90 Å². The van der Waals surface area contributed by atoms with Crippen molar-refractivity contribution in [3.63, 3.8) is 0 Å². The minimum Gasteiger partial charge on any atom is -0.462 e. The summed E-state index contributed by atoms with van der Waals surface area (Å²) in [4.78, 5) is 26.7. The van der Waals surface area contributed by atoms with Crippen LogP contribution in [0.4, 0.5) is 10.1 Å². The molecule has 1 amide bonds. The minimum atomic E-state index is -0.784. The van der Waals surface area contributed by atoms with E-state index in [1.807, 2.05) is 36.4 Å². The molecule has 0 saturated carbocycles. The lowest BCUT2D eigenvalue weighted by Crippen LogP contribution is -2.30. The molecule has 3 rings (SSSR count). The molecule has 7 heteroatoms. The van der Waals surface area contributed by atoms with E-state index in [4.69, 9.17) is 4.74 Å². The molecule has 0 bridgehead atoms. The molecule has 1 saturated heterocycles. The van der Waals surface area contributed by atoms with Crippen molar-refractivity contribution in [2.75, 3.05) is 11.5 Å². The fraction of sp³-hybridized carbons (Fsp3) is 0.190. The average molecular weight is 396 g/mol. The molecule has 0 radical (unpaired) electrons. The molecule has 1 heterocycles. The number of esters is 1. The summed E-state index contributed by atoms with van der Waals surface area (Å²) in [7, 11) is 0. The van der Waals surface area contributed by atoms with Gasteiger partial charge in [-0.3, -0.25) is 9.69 Å². The van der Waals surface area contributed by atoms with Gasteiger partial charge in [0.1, 0.15) is 16.9 Å². The molecule has 1 fully saturated rings. The normalized spacial score (nSPS) is 18.0. The summed E-state index contributed by atoms with van der Waals surface area (Å²) in [5, 5.41) is 9.23. The van der Waals surface area contributed by atoms with E-state index in [1.165, 1.54) is 29.2 Å². The second kappa shape index (κ2) is 8.72. The zero-order valence-electron chi connectivity index (χ0n) is 15.1. The van der Waals surface area contributed by atoms with Crippen molar-refractivity contribution in [3.05, 3.63) is 76.6 Å². The maximum atomic E-state index is 13.3. The molecule has 2 aromatic rings. The molecule has 2 aromatic carbocycles. The van der Waals surface area contributed by atoms with Crippen LogP contribution >= 0.6 is 11.8 Å². The van der Waals surface area contributed by atoms with Crippen molar-refractivity contribution >= 4 is 29.3 Å². The number of thioether (sulfide) groups is 1. The van der Waals surface area contributed by atoms with E-state index < -0.39 is 17.0 Å². The number of rotatable bonds is 5. The van der Waals surface area contributed by atoms with Crippen LogP contribution in [0, 0.1) is 17.1 Å².